The summed E-state index contributed by atoms with van der Waals surface area (Å²) in [5.41, 5.74) is 4.20. The molecule has 6 heteroatoms. The number of unbranched alkanes of at least 4 members (excludes halogenated alkanes) is 8. The van der Waals surface area contributed by atoms with Crippen LogP contribution in [0.5, 0.6) is 0 Å². The van der Waals surface area contributed by atoms with Crippen LogP contribution in [0.4, 0.5) is 0 Å². The van der Waals surface area contributed by atoms with Gasteiger partial charge in [0.15, 0.2) is 0 Å². The first-order valence-corrected chi connectivity index (χ1v) is 13.3. The van der Waals surface area contributed by atoms with Crippen molar-refractivity contribution >= 4 is 22.8 Å². The Hall–Kier alpha value is -1.40. The van der Waals surface area contributed by atoms with Gasteiger partial charge in [-0.3, -0.25) is 0 Å². The minimum atomic E-state index is 0.292. The summed E-state index contributed by atoms with van der Waals surface area (Å²) < 4.78 is 11.1. The molecule has 0 aromatic heterocycles. The smallest absolute Gasteiger partial charge is 0.146 e. The van der Waals surface area contributed by atoms with Gasteiger partial charge < -0.3 is 9.47 Å². The lowest BCUT2D eigenvalue weighted by molar-refractivity contribution is -0.0491. The number of nitrogens with zero attached hydrogens (tertiary/aromatic N) is 4. The second-order valence-corrected chi connectivity index (χ2v) is 9.10. The highest BCUT2D eigenvalue weighted by molar-refractivity contribution is 5.86. The van der Waals surface area contributed by atoms with Crippen LogP contribution in [-0.2, 0) is 9.47 Å². The number of ether oxygens (including phenoxy) is 2. The van der Waals surface area contributed by atoms with Crippen molar-refractivity contribution in [3.8, 4) is 0 Å². The standard InChI is InChI=1S/C27H52N4O2/c1-7-9-11-13-15-17-24(3)28-30-26(5)19-21-32-23-33-22-20-27(6)31-29-25(4)18-16-14-12-10-8-2/h7-23H2,1-6H3/b28-24+,29-25+,30-26+,31-27+. The Bertz CT molecular complexity index is 533. The maximum absolute atomic E-state index is 5.55. The van der Waals surface area contributed by atoms with Gasteiger partial charge >= 0.3 is 0 Å². The van der Waals surface area contributed by atoms with Gasteiger partial charge in [-0.15, -0.1) is 0 Å². The molecule has 0 bridgehead atoms. The summed E-state index contributed by atoms with van der Waals surface area (Å²) in [6.45, 7) is 14.1. The summed E-state index contributed by atoms with van der Waals surface area (Å²) >= 11 is 0. The van der Waals surface area contributed by atoms with E-state index in [0.717, 1.165) is 48.5 Å². The Kier molecular flexibility index (Phi) is 22.7. The topological polar surface area (TPSA) is 67.9 Å². The zero-order valence-electron chi connectivity index (χ0n) is 22.6. The lowest BCUT2D eigenvalue weighted by atomic mass is 10.1. The normalized spacial score (nSPS) is 13.8. The van der Waals surface area contributed by atoms with Crippen LogP contribution in [0.1, 0.15) is 131 Å². The molecule has 0 saturated carbocycles. The molecule has 0 aliphatic heterocycles. The summed E-state index contributed by atoms with van der Waals surface area (Å²) in [4.78, 5) is 0. The van der Waals surface area contributed by atoms with Gasteiger partial charge in [0.1, 0.15) is 6.79 Å². The SMILES string of the molecule is CCCCCCC/C(C)=N/N=C(\C)CCOCOCC/C(C)=N/N=C(\C)CCCCCCC. The second kappa shape index (κ2) is 23.7. The fourth-order valence-corrected chi connectivity index (χ4v) is 3.13. The summed E-state index contributed by atoms with van der Waals surface area (Å²) in [6, 6.07) is 0. The quantitative estimate of drug-likeness (QED) is 0.0702. The maximum atomic E-state index is 5.55. The average molecular weight is 465 g/mol. The third-order valence-corrected chi connectivity index (χ3v) is 5.45. The highest BCUT2D eigenvalue weighted by atomic mass is 16.7. The van der Waals surface area contributed by atoms with Gasteiger partial charge in [0, 0.05) is 35.7 Å². The van der Waals surface area contributed by atoms with Gasteiger partial charge in [0.25, 0.3) is 0 Å². The molecular weight excluding hydrogens is 412 g/mol. The van der Waals surface area contributed by atoms with Gasteiger partial charge in [-0.2, -0.15) is 20.4 Å². The average Bonchev–Trinajstić information content (AvgIpc) is 2.80. The lowest BCUT2D eigenvalue weighted by Gasteiger charge is -2.05. The van der Waals surface area contributed by atoms with Crippen LogP contribution in [0.15, 0.2) is 20.4 Å². The van der Waals surface area contributed by atoms with Crippen molar-refractivity contribution in [2.24, 2.45) is 20.4 Å². The fraction of sp³-hybridized carbons (Fsp3) is 0.852. The van der Waals surface area contributed by atoms with Crippen LogP contribution in [0.3, 0.4) is 0 Å². The Morgan fingerprint density at radius 2 is 0.788 bits per heavy atom. The van der Waals surface area contributed by atoms with Crippen LogP contribution in [0, 0.1) is 0 Å². The molecule has 0 aliphatic carbocycles. The number of rotatable bonds is 22. The molecule has 0 radical (unpaired) electrons. The van der Waals surface area contributed by atoms with Crippen LogP contribution in [0.25, 0.3) is 0 Å². The first-order chi connectivity index (χ1) is 16.0. The molecule has 0 heterocycles. The third-order valence-electron chi connectivity index (χ3n) is 5.45. The van der Waals surface area contributed by atoms with Crippen LogP contribution in [-0.4, -0.2) is 42.9 Å². The van der Waals surface area contributed by atoms with Crippen molar-refractivity contribution in [2.45, 2.75) is 131 Å². The van der Waals surface area contributed by atoms with Crippen molar-refractivity contribution in [2.75, 3.05) is 20.0 Å². The molecule has 0 unspecified atom stereocenters. The Morgan fingerprint density at radius 3 is 1.15 bits per heavy atom. The minimum Gasteiger partial charge on any atom is -0.355 e. The van der Waals surface area contributed by atoms with Crippen LogP contribution < -0.4 is 0 Å². The molecule has 0 atom stereocenters. The summed E-state index contributed by atoms with van der Waals surface area (Å²) in [6.07, 6.45) is 16.5. The van der Waals surface area contributed by atoms with Crippen LogP contribution >= 0.6 is 0 Å². The zero-order valence-corrected chi connectivity index (χ0v) is 22.6. The van der Waals surface area contributed by atoms with E-state index in [1.165, 1.54) is 64.2 Å². The second-order valence-electron chi connectivity index (χ2n) is 9.10. The summed E-state index contributed by atoms with van der Waals surface area (Å²) in [7, 11) is 0. The number of hydrogen-bond donors (Lipinski definition) is 0. The predicted molar refractivity (Wildman–Crippen MR) is 145 cm³/mol. The van der Waals surface area contributed by atoms with E-state index < -0.39 is 0 Å². The van der Waals surface area contributed by atoms with E-state index in [1.54, 1.807) is 0 Å². The molecule has 0 aliphatic rings. The molecule has 0 aromatic carbocycles. The van der Waals surface area contributed by atoms with E-state index in [0.29, 0.717) is 20.0 Å². The van der Waals surface area contributed by atoms with E-state index in [9.17, 15) is 0 Å². The monoisotopic (exact) mass is 464 g/mol. The Labute approximate surface area is 204 Å². The Morgan fingerprint density at radius 1 is 0.455 bits per heavy atom. The number of hydrogen-bond acceptors (Lipinski definition) is 6. The van der Waals surface area contributed by atoms with Gasteiger partial charge in [-0.25, -0.2) is 0 Å². The predicted octanol–water partition coefficient (Wildman–Crippen LogP) is 8.15. The highest BCUT2D eigenvalue weighted by Gasteiger charge is 1.98. The molecule has 0 rings (SSSR count). The van der Waals surface area contributed by atoms with Crippen LogP contribution in [0.2, 0.25) is 0 Å². The molecule has 0 spiro atoms. The van der Waals surface area contributed by atoms with E-state index in [4.69, 9.17) is 9.47 Å². The van der Waals surface area contributed by atoms with Crippen molar-refractivity contribution in [3.05, 3.63) is 0 Å². The molecular formula is C27H52N4O2. The molecule has 0 fully saturated rings. The molecule has 33 heavy (non-hydrogen) atoms. The van der Waals surface area contributed by atoms with Crippen molar-refractivity contribution in [1.82, 2.24) is 0 Å². The zero-order chi connectivity index (χ0) is 24.6. The first-order valence-electron chi connectivity index (χ1n) is 13.3. The summed E-state index contributed by atoms with van der Waals surface area (Å²) in [5, 5.41) is 17.3. The van der Waals surface area contributed by atoms with E-state index >= 15 is 0 Å². The largest absolute Gasteiger partial charge is 0.355 e. The highest BCUT2D eigenvalue weighted by Crippen LogP contribution is 2.07. The van der Waals surface area contributed by atoms with Crippen molar-refractivity contribution in [3.63, 3.8) is 0 Å². The molecule has 0 N–H and O–H groups in total. The molecule has 0 aromatic rings. The fourth-order valence-electron chi connectivity index (χ4n) is 3.13. The Balaban J connectivity index is 3.79. The molecule has 0 saturated heterocycles. The molecule has 6 nitrogen and oxygen atoms in total. The summed E-state index contributed by atoms with van der Waals surface area (Å²) in [5.74, 6) is 0. The van der Waals surface area contributed by atoms with E-state index in [-0.39, 0.29) is 0 Å². The first kappa shape index (κ1) is 31.6. The van der Waals surface area contributed by atoms with Gasteiger partial charge in [0.2, 0.25) is 0 Å². The minimum absolute atomic E-state index is 0.292. The molecule has 0 amide bonds. The van der Waals surface area contributed by atoms with E-state index in [2.05, 4.69) is 48.1 Å². The van der Waals surface area contributed by atoms with Gasteiger partial charge in [0.05, 0.1) is 13.2 Å². The van der Waals surface area contributed by atoms with E-state index in [1.807, 2.05) is 13.8 Å². The van der Waals surface area contributed by atoms with Crippen molar-refractivity contribution < 1.29 is 9.47 Å². The lowest BCUT2D eigenvalue weighted by Crippen LogP contribution is -2.07. The maximum Gasteiger partial charge on any atom is 0.146 e. The van der Waals surface area contributed by atoms with Gasteiger partial charge in [-0.05, 0) is 53.4 Å². The third kappa shape index (κ3) is 23.6. The van der Waals surface area contributed by atoms with Gasteiger partial charge in [-0.1, -0.05) is 65.2 Å². The van der Waals surface area contributed by atoms with Crippen molar-refractivity contribution in [1.29, 1.82) is 0 Å². The molecule has 192 valence electrons.